The number of carbonyl (C=O) groups is 1. The van der Waals surface area contributed by atoms with Gasteiger partial charge in [0.1, 0.15) is 0 Å². The summed E-state index contributed by atoms with van der Waals surface area (Å²) < 4.78 is 0. The molecule has 0 bridgehead atoms. The Morgan fingerprint density at radius 2 is 2.00 bits per heavy atom. The Balaban J connectivity index is 0.00000256. The number of aliphatic carboxylic acids is 1. The predicted molar refractivity (Wildman–Crippen MR) is 61.1 cm³/mol. The molecule has 0 saturated heterocycles. The molecule has 0 amide bonds. The smallest absolute Gasteiger partial charge is 0.548 e. The quantitative estimate of drug-likeness (QED) is 0.313. The van der Waals surface area contributed by atoms with Gasteiger partial charge in [-0.3, -0.25) is 4.99 Å². The van der Waals surface area contributed by atoms with Gasteiger partial charge in [-0.1, -0.05) is 30.3 Å². The molecule has 17 heavy (non-hydrogen) atoms. The number of hydrogen-bond donors (Lipinski definition) is 0. The largest absolute Gasteiger partial charge is 1.00 e. The minimum atomic E-state index is -1.15. The van der Waals surface area contributed by atoms with Gasteiger partial charge in [-0.2, -0.15) is 0 Å². The number of carboxylic acids is 1. The van der Waals surface area contributed by atoms with Crippen molar-refractivity contribution in [2.45, 2.75) is 12.5 Å². The maximum atomic E-state index is 10.9. The van der Waals surface area contributed by atoms with Crippen molar-refractivity contribution in [3.63, 3.8) is 0 Å². The molecular weight excluding hydrogens is 227 g/mol. The summed E-state index contributed by atoms with van der Waals surface area (Å²) in [6, 6.07) is 8.56. The van der Waals surface area contributed by atoms with Crippen molar-refractivity contribution in [1.29, 1.82) is 0 Å². The molecule has 0 radical (unpaired) electrons. The van der Waals surface area contributed by atoms with E-state index in [2.05, 4.69) is 4.99 Å². The van der Waals surface area contributed by atoms with Gasteiger partial charge >= 0.3 is 29.6 Å². The summed E-state index contributed by atoms with van der Waals surface area (Å²) in [6.45, 7) is 0. The Kier molecular flexibility index (Phi) is 7.87. The van der Waals surface area contributed by atoms with Gasteiger partial charge in [-0.25, -0.2) is 0 Å². The van der Waals surface area contributed by atoms with E-state index in [1.807, 2.05) is 30.3 Å². The van der Waals surface area contributed by atoms with Gasteiger partial charge in [0.2, 0.25) is 0 Å². The van der Waals surface area contributed by atoms with Crippen LogP contribution in [-0.2, 0) is 11.2 Å². The standard InChI is InChI=1S/C12H16N2O2.Na/c1-14(2)9-13-11(12(15)16)8-10-6-4-3-5-7-10;/h3-7,9,11H,8H2,1-2H3,(H,15,16);/q;+1/p-1/t11-;/m0./s1. The molecular formula is C12H15N2NaO2. The van der Waals surface area contributed by atoms with Crippen LogP contribution < -0.4 is 34.7 Å². The molecule has 1 aromatic rings. The molecule has 0 unspecified atom stereocenters. The second-order valence-electron chi connectivity index (χ2n) is 3.75. The number of aliphatic imine (C=N–C) groups is 1. The minimum Gasteiger partial charge on any atom is -0.548 e. The second-order valence-corrected chi connectivity index (χ2v) is 3.75. The van der Waals surface area contributed by atoms with E-state index in [1.54, 1.807) is 19.0 Å². The van der Waals surface area contributed by atoms with Crippen LogP contribution in [0, 0.1) is 0 Å². The van der Waals surface area contributed by atoms with E-state index in [4.69, 9.17) is 0 Å². The number of carbonyl (C=O) groups excluding carboxylic acids is 1. The van der Waals surface area contributed by atoms with Crippen LogP contribution in [0.4, 0.5) is 0 Å². The summed E-state index contributed by atoms with van der Waals surface area (Å²) in [5.41, 5.74) is 0.938. The summed E-state index contributed by atoms with van der Waals surface area (Å²) in [7, 11) is 3.58. The Bertz CT molecular complexity index is 366. The van der Waals surface area contributed by atoms with E-state index in [9.17, 15) is 9.90 Å². The van der Waals surface area contributed by atoms with E-state index in [1.165, 1.54) is 6.34 Å². The second kappa shape index (κ2) is 8.28. The Morgan fingerprint density at radius 3 is 2.47 bits per heavy atom. The average Bonchev–Trinajstić information content (AvgIpc) is 2.25. The van der Waals surface area contributed by atoms with Gasteiger partial charge in [0.25, 0.3) is 0 Å². The first-order valence-corrected chi connectivity index (χ1v) is 5.04. The monoisotopic (exact) mass is 242 g/mol. The summed E-state index contributed by atoms with van der Waals surface area (Å²) in [6.07, 6.45) is 1.84. The third-order valence-corrected chi connectivity index (χ3v) is 2.02. The van der Waals surface area contributed by atoms with Crippen molar-refractivity contribution in [3.05, 3.63) is 35.9 Å². The topological polar surface area (TPSA) is 55.7 Å². The molecule has 0 spiro atoms. The molecule has 5 heteroatoms. The fourth-order valence-corrected chi connectivity index (χ4v) is 1.25. The van der Waals surface area contributed by atoms with E-state index in [0.717, 1.165) is 5.56 Å². The number of rotatable bonds is 5. The Hall–Kier alpha value is -0.840. The van der Waals surface area contributed by atoms with Crippen LogP contribution in [0.5, 0.6) is 0 Å². The van der Waals surface area contributed by atoms with Crippen LogP contribution in [0.2, 0.25) is 0 Å². The van der Waals surface area contributed by atoms with Crippen molar-refractivity contribution >= 4 is 12.3 Å². The van der Waals surface area contributed by atoms with Crippen LogP contribution in [0.25, 0.3) is 0 Å². The molecule has 0 aromatic heterocycles. The number of carboxylic acid groups (broad SMARTS) is 1. The van der Waals surface area contributed by atoms with Crippen LogP contribution >= 0.6 is 0 Å². The number of hydrogen-bond acceptors (Lipinski definition) is 3. The first-order chi connectivity index (χ1) is 7.59. The van der Waals surface area contributed by atoms with Crippen molar-refractivity contribution in [1.82, 2.24) is 4.90 Å². The number of nitrogens with zero attached hydrogens (tertiary/aromatic N) is 2. The van der Waals surface area contributed by atoms with Gasteiger partial charge < -0.3 is 14.8 Å². The van der Waals surface area contributed by atoms with Gasteiger partial charge in [-0.15, -0.1) is 0 Å². The molecule has 0 aliphatic carbocycles. The van der Waals surface area contributed by atoms with Crippen molar-refractivity contribution in [2.75, 3.05) is 14.1 Å². The van der Waals surface area contributed by atoms with E-state index < -0.39 is 12.0 Å². The maximum Gasteiger partial charge on any atom is 1.00 e. The van der Waals surface area contributed by atoms with Crippen molar-refractivity contribution < 1.29 is 39.5 Å². The van der Waals surface area contributed by atoms with Gasteiger partial charge in [0.15, 0.2) is 0 Å². The molecule has 1 atom stereocenters. The van der Waals surface area contributed by atoms with E-state index in [-0.39, 0.29) is 29.6 Å². The van der Waals surface area contributed by atoms with Crippen LogP contribution in [0.3, 0.4) is 0 Å². The Labute approximate surface area is 124 Å². The third-order valence-electron chi connectivity index (χ3n) is 2.02. The summed E-state index contributed by atoms with van der Waals surface area (Å²) in [5.74, 6) is -1.15. The van der Waals surface area contributed by atoms with Crippen molar-refractivity contribution in [2.24, 2.45) is 4.99 Å². The van der Waals surface area contributed by atoms with Crippen molar-refractivity contribution in [3.8, 4) is 0 Å². The number of benzene rings is 1. The predicted octanol–water partition coefficient (Wildman–Crippen LogP) is -3.06. The van der Waals surface area contributed by atoms with Gasteiger partial charge in [0, 0.05) is 20.5 Å². The molecule has 0 saturated carbocycles. The molecule has 0 N–H and O–H groups in total. The molecule has 1 rings (SSSR count). The summed E-state index contributed by atoms with van der Waals surface area (Å²) in [4.78, 5) is 16.5. The zero-order chi connectivity index (χ0) is 12.0. The van der Waals surface area contributed by atoms with Crippen LogP contribution in [0.1, 0.15) is 5.56 Å². The zero-order valence-electron chi connectivity index (χ0n) is 10.5. The zero-order valence-corrected chi connectivity index (χ0v) is 12.5. The third kappa shape index (κ3) is 6.46. The summed E-state index contributed by atoms with van der Waals surface area (Å²) >= 11 is 0. The van der Waals surface area contributed by atoms with E-state index >= 15 is 0 Å². The fraction of sp³-hybridized carbons (Fsp3) is 0.333. The summed E-state index contributed by atoms with van der Waals surface area (Å²) in [5, 5.41) is 10.9. The molecule has 0 heterocycles. The first kappa shape index (κ1) is 16.2. The molecule has 4 nitrogen and oxygen atoms in total. The Morgan fingerprint density at radius 1 is 1.41 bits per heavy atom. The van der Waals surface area contributed by atoms with Gasteiger partial charge in [0.05, 0.1) is 18.3 Å². The average molecular weight is 242 g/mol. The van der Waals surface area contributed by atoms with E-state index in [0.29, 0.717) is 6.42 Å². The van der Waals surface area contributed by atoms with Crippen LogP contribution in [0.15, 0.2) is 35.3 Å². The molecule has 0 aliphatic heterocycles. The SMILES string of the molecule is CN(C)C=N[C@@H](Cc1ccccc1)C(=O)[O-].[Na+]. The maximum absolute atomic E-state index is 10.9. The molecule has 1 aromatic carbocycles. The first-order valence-electron chi connectivity index (χ1n) is 5.04. The normalized spacial score (nSPS) is 11.9. The molecule has 0 fully saturated rings. The molecule has 86 valence electrons. The fourth-order valence-electron chi connectivity index (χ4n) is 1.25. The minimum absolute atomic E-state index is 0. The van der Waals surface area contributed by atoms with Crippen LogP contribution in [-0.4, -0.2) is 37.3 Å². The van der Waals surface area contributed by atoms with Gasteiger partial charge in [-0.05, 0) is 5.56 Å². The molecule has 0 aliphatic rings.